The predicted molar refractivity (Wildman–Crippen MR) is 118 cm³/mol. The Hall–Kier alpha value is -1.21. The summed E-state index contributed by atoms with van der Waals surface area (Å²) in [6, 6.07) is -0.756. The third kappa shape index (κ3) is 11.5. The predicted octanol–water partition coefficient (Wildman–Crippen LogP) is 3.26. The Kier molecular flexibility index (Phi) is 15.9. The minimum Gasteiger partial charge on any atom is -0.477 e. The smallest absolute Gasteiger partial charge is 0.362 e. The van der Waals surface area contributed by atoms with E-state index in [0.29, 0.717) is 25.7 Å². The van der Waals surface area contributed by atoms with Crippen molar-refractivity contribution in [2.45, 2.75) is 90.4 Å². The average Bonchev–Trinajstić information content (AvgIpc) is 2.66. The molecule has 0 fully saturated rings. The standard InChI is InChI=1S/C23H43NO5/c1-4-7-9-11-14-20(26)18-24(16-17-25,22(13-6-3)23(28)29)19-21(27)15-12-10-8-5-2/h7-10,20-22,25-27H,4-6,11-19H2,1-3H3/p+1/b9-7+,10-8+. The zero-order valence-corrected chi connectivity index (χ0v) is 18.7. The third-order valence-corrected chi connectivity index (χ3v) is 5.34. The minimum absolute atomic E-state index is 0.0109. The summed E-state index contributed by atoms with van der Waals surface area (Å²) in [6.07, 6.45) is 12.3. The minimum atomic E-state index is -0.934. The van der Waals surface area contributed by atoms with E-state index in [1.165, 1.54) is 0 Å². The van der Waals surface area contributed by atoms with Crippen molar-refractivity contribution in [3.8, 4) is 0 Å². The molecular formula is C23H44NO5+. The molecule has 0 bridgehead atoms. The van der Waals surface area contributed by atoms with Gasteiger partial charge in [0.05, 0.1) is 6.61 Å². The number of carboxylic acids is 1. The summed E-state index contributed by atoms with van der Waals surface area (Å²) in [5.41, 5.74) is 0. The van der Waals surface area contributed by atoms with Crippen molar-refractivity contribution in [1.29, 1.82) is 0 Å². The van der Waals surface area contributed by atoms with Crippen LogP contribution in [0.1, 0.15) is 72.1 Å². The first-order valence-corrected chi connectivity index (χ1v) is 11.2. The number of rotatable bonds is 18. The van der Waals surface area contributed by atoms with Crippen LogP contribution in [0.3, 0.4) is 0 Å². The molecule has 0 aliphatic heterocycles. The van der Waals surface area contributed by atoms with Gasteiger partial charge in [0.15, 0.2) is 6.04 Å². The normalized spacial score (nSPS) is 17.4. The SMILES string of the molecule is CC/C=C/CCC(O)C[N+](CCO)(CC(O)CC/C=C/CC)C(CCC)C(=O)O. The number of quaternary nitrogens is 1. The molecule has 3 unspecified atom stereocenters. The van der Waals surface area contributed by atoms with Gasteiger partial charge in [-0.05, 0) is 44.9 Å². The highest BCUT2D eigenvalue weighted by Crippen LogP contribution is 2.23. The average molecular weight is 415 g/mol. The summed E-state index contributed by atoms with van der Waals surface area (Å²) in [4.78, 5) is 12.1. The molecule has 3 atom stereocenters. The van der Waals surface area contributed by atoms with E-state index >= 15 is 0 Å². The molecule has 0 aliphatic rings. The van der Waals surface area contributed by atoms with Crippen LogP contribution >= 0.6 is 0 Å². The molecule has 0 aromatic carbocycles. The highest BCUT2D eigenvalue weighted by Gasteiger charge is 2.43. The quantitative estimate of drug-likeness (QED) is 0.204. The van der Waals surface area contributed by atoms with Crippen molar-refractivity contribution in [3.63, 3.8) is 0 Å². The van der Waals surface area contributed by atoms with Gasteiger partial charge in [-0.2, -0.15) is 0 Å². The van der Waals surface area contributed by atoms with Crippen LogP contribution in [0.25, 0.3) is 0 Å². The lowest BCUT2D eigenvalue weighted by Gasteiger charge is -2.45. The second-order valence-electron chi connectivity index (χ2n) is 7.90. The fourth-order valence-electron chi connectivity index (χ4n) is 3.94. The summed E-state index contributed by atoms with van der Waals surface area (Å²) >= 11 is 0. The molecule has 0 amide bonds. The number of aliphatic carboxylic acids is 1. The van der Waals surface area contributed by atoms with Gasteiger partial charge in [-0.25, -0.2) is 4.79 Å². The number of hydrogen-bond acceptors (Lipinski definition) is 4. The lowest BCUT2D eigenvalue weighted by atomic mass is 10.0. The Morgan fingerprint density at radius 3 is 1.69 bits per heavy atom. The summed E-state index contributed by atoms with van der Waals surface area (Å²) in [7, 11) is 0. The van der Waals surface area contributed by atoms with Gasteiger partial charge in [0, 0.05) is 6.42 Å². The highest BCUT2D eigenvalue weighted by atomic mass is 16.4. The number of hydrogen-bond donors (Lipinski definition) is 4. The van der Waals surface area contributed by atoms with E-state index in [0.717, 1.165) is 25.7 Å². The molecule has 0 rings (SSSR count). The largest absolute Gasteiger partial charge is 0.477 e. The maximum Gasteiger partial charge on any atom is 0.362 e. The molecule has 170 valence electrons. The van der Waals surface area contributed by atoms with Crippen molar-refractivity contribution in [1.82, 2.24) is 0 Å². The number of carbonyl (C=O) groups is 1. The van der Waals surface area contributed by atoms with E-state index in [9.17, 15) is 25.2 Å². The Morgan fingerprint density at radius 2 is 1.34 bits per heavy atom. The van der Waals surface area contributed by atoms with E-state index in [-0.39, 0.29) is 30.7 Å². The molecule has 0 saturated heterocycles. The summed E-state index contributed by atoms with van der Waals surface area (Å²) in [5, 5.41) is 40.9. The number of carboxylic acid groups (broad SMARTS) is 1. The van der Waals surface area contributed by atoms with Gasteiger partial charge in [0.25, 0.3) is 0 Å². The maximum absolute atomic E-state index is 12.1. The van der Waals surface area contributed by atoms with Crippen LogP contribution in [-0.2, 0) is 4.79 Å². The molecule has 6 heteroatoms. The summed E-state index contributed by atoms with van der Waals surface area (Å²) in [5.74, 6) is -0.934. The van der Waals surface area contributed by atoms with Gasteiger partial charge in [0.2, 0.25) is 0 Å². The first-order chi connectivity index (χ1) is 13.9. The Bertz CT molecular complexity index is 452. The second-order valence-corrected chi connectivity index (χ2v) is 7.90. The topological polar surface area (TPSA) is 98.0 Å². The van der Waals surface area contributed by atoms with Crippen LogP contribution in [-0.4, -0.2) is 75.4 Å². The molecule has 6 nitrogen and oxygen atoms in total. The fourth-order valence-corrected chi connectivity index (χ4v) is 3.94. The van der Waals surface area contributed by atoms with Gasteiger partial charge in [-0.15, -0.1) is 0 Å². The first kappa shape index (κ1) is 27.8. The van der Waals surface area contributed by atoms with Crippen molar-refractivity contribution in [2.75, 3.05) is 26.2 Å². The van der Waals surface area contributed by atoms with Crippen molar-refractivity contribution >= 4 is 5.97 Å². The van der Waals surface area contributed by atoms with Crippen LogP contribution in [0, 0.1) is 0 Å². The van der Waals surface area contributed by atoms with Gasteiger partial charge >= 0.3 is 5.97 Å². The van der Waals surface area contributed by atoms with E-state index in [2.05, 4.69) is 13.8 Å². The lowest BCUT2D eigenvalue weighted by molar-refractivity contribution is -0.949. The van der Waals surface area contributed by atoms with Gasteiger partial charge in [0.1, 0.15) is 31.8 Å². The highest BCUT2D eigenvalue weighted by molar-refractivity contribution is 5.72. The van der Waals surface area contributed by atoms with Crippen molar-refractivity contribution in [2.24, 2.45) is 0 Å². The van der Waals surface area contributed by atoms with Gasteiger partial charge in [-0.3, -0.25) is 0 Å². The van der Waals surface area contributed by atoms with Crippen molar-refractivity contribution in [3.05, 3.63) is 24.3 Å². The number of nitrogens with zero attached hydrogens (tertiary/aromatic N) is 1. The van der Waals surface area contributed by atoms with Crippen LogP contribution < -0.4 is 0 Å². The van der Waals surface area contributed by atoms with Gasteiger partial charge < -0.3 is 24.9 Å². The molecule has 0 aliphatic carbocycles. The third-order valence-electron chi connectivity index (χ3n) is 5.34. The summed E-state index contributed by atoms with van der Waals surface area (Å²) < 4.78 is 0.0109. The molecule has 0 saturated carbocycles. The number of allylic oxidation sites excluding steroid dienone is 4. The Morgan fingerprint density at radius 1 is 0.862 bits per heavy atom. The zero-order chi connectivity index (χ0) is 22.1. The fraction of sp³-hybridized carbons (Fsp3) is 0.783. The summed E-state index contributed by atoms with van der Waals surface area (Å²) in [6.45, 7) is 6.50. The molecule has 0 radical (unpaired) electrons. The van der Waals surface area contributed by atoms with Crippen LogP contribution in [0.5, 0.6) is 0 Å². The van der Waals surface area contributed by atoms with Crippen LogP contribution in [0.4, 0.5) is 0 Å². The number of aliphatic hydroxyl groups is 3. The molecule has 0 heterocycles. The molecule has 29 heavy (non-hydrogen) atoms. The lowest BCUT2D eigenvalue weighted by Crippen LogP contribution is -2.64. The maximum atomic E-state index is 12.1. The van der Waals surface area contributed by atoms with E-state index in [1.807, 2.05) is 31.2 Å². The first-order valence-electron chi connectivity index (χ1n) is 11.2. The van der Waals surface area contributed by atoms with E-state index in [1.54, 1.807) is 0 Å². The molecule has 0 spiro atoms. The zero-order valence-electron chi connectivity index (χ0n) is 18.7. The van der Waals surface area contributed by atoms with Crippen LogP contribution in [0.15, 0.2) is 24.3 Å². The molecule has 4 N–H and O–H groups in total. The van der Waals surface area contributed by atoms with Crippen molar-refractivity contribution < 1.29 is 29.7 Å². The Balaban J connectivity index is 5.48. The number of aliphatic hydroxyl groups excluding tert-OH is 3. The van der Waals surface area contributed by atoms with E-state index in [4.69, 9.17) is 0 Å². The second kappa shape index (κ2) is 16.6. The van der Waals surface area contributed by atoms with Crippen LogP contribution in [0.2, 0.25) is 0 Å². The van der Waals surface area contributed by atoms with E-state index < -0.39 is 24.2 Å². The monoisotopic (exact) mass is 414 g/mol. The molecule has 0 aromatic heterocycles. The Labute approximate surface area is 177 Å². The molecular weight excluding hydrogens is 370 g/mol. The van der Waals surface area contributed by atoms with Gasteiger partial charge in [-0.1, -0.05) is 45.1 Å². The molecule has 0 aromatic rings.